The number of nitrogens with zero attached hydrogens (tertiary/aromatic N) is 2. The fourth-order valence-corrected chi connectivity index (χ4v) is 1.98. The summed E-state index contributed by atoms with van der Waals surface area (Å²) in [5.74, 6) is 0.535. The summed E-state index contributed by atoms with van der Waals surface area (Å²) in [4.78, 5) is 11.9. The molecule has 0 aliphatic rings. The van der Waals surface area contributed by atoms with Crippen molar-refractivity contribution in [1.82, 2.24) is 10.3 Å². The first-order valence-electron chi connectivity index (χ1n) is 6.34. The Kier molecular flexibility index (Phi) is 4.20. The molecule has 2 amide bonds. The van der Waals surface area contributed by atoms with Crippen molar-refractivity contribution in [2.75, 3.05) is 19.4 Å². The zero-order chi connectivity index (χ0) is 14.5. The molecule has 0 fully saturated rings. The van der Waals surface area contributed by atoms with Gasteiger partial charge in [-0.3, -0.25) is 5.32 Å². The normalized spacial score (nSPS) is 11.2. The number of hydrogen-bond acceptors (Lipinski definition) is 3. The van der Waals surface area contributed by atoms with Crippen LogP contribution in [0.15, 0.2) is 47.6 Å². The second-order valence-corrected chi connectivity index (χ2v) is 4.64. The molecule has 0 aromatic heterocycles. The molecule has 0 saturated carbocycles. The number of carbonyl (C=O) groups is 1. The first kappa shape index (κ1) is 13.9. The third kappa shape index (κ3) is 3.47. The zero-order valence-electron chi connectivity index (χ0n) is 11.8. The molecule has 2 aromatic carbocycles. The summed E-state index contributed by atoms with van der Waals surface area (Å²) in [5.41, 5.74) is 0.776. The van der Waals surface area contributed by atoms with Crippen LogP contribution in [0.3, 0.4) is 0 Å². The lowest BCUT2D eigenvalue weighted by Gasteiger charge is -2.11. The molecule has 0 bridgehead atoms. The van der Waals surface area contributed by atoms with E-state index in [4.69, 9.17) is 0 Å². The molecule has 2 N–H and O–H groups in total. The second kappa shape index (κ2) is 6.06. The Hall–Kier alpha value is -2.56. The van der Waals surface area contributed by atoms with Crippen molar-refractivity contribution in [2.24, 2.45) is 5.10 Å². The van der Waals surface area contributed by atoms with Crippen LogP contribution >= 0.6 is 0 Å². The molecule has 0 spiro atoms. The van der Waals surface area contributed by atoms with E-state index in [-0.39, 0.29) is 6.03 Å². The summed E-state index contributed by atoms with van der Waals surface area (Å²) in [6.07, 6.45) is 0. The predicted octanol–water partition coefficient (Wildman–Crippen LogP) is 2.86. The molecule has 5 nitrogen and oxygen atoms in total. The molecule has 2 rings (SSSR count). The van der Waals surface area contributed by atoms with E-state index in [0.717, 1.165) is 16.5 Å². The number of amides is 2. The minimum Gasteiger partial charge on any atom is -0.307 e. The summed E-state index contributed by atoms with van der Waals surface area (Å²) >= 11 is 0. The van der Waals surface area contributed by atoms with Crippen molar-refractivity contribution in [3.05, 3.63) is 42.5 Å². The molecule has 0 aliphatic heterocycles. The smallest absolute Gasteiger partial charge is 0.307 e. The number of benzene rings is 2. The van der Waals surface area contributed by atoms with E-state index in [0.29, 0.717) is 5.84 Å². The van der Waals surface area contributed by atoms with Gasteiger partial charge in [0.2, 0.25) is 0 Å². The van der Waals surface area contributed by atoms with Crippen LogP contribution in [0.5, 0.6) is 0 Å². The molecule has 5 heteroatoms. The Bertz CT molecular complexity index is 644. The summed E-state index contributed by atoms with van der Waals surface area (Å²) < 4.78 is 0. The molecule has 0 unspecified atom stereocenters. The van der Waals surface area contributed by atoms with Crippen molar-refractivity contribution < 1.29 is 4.79 Å². The number of carbonyl (C=O) groups excluding carboxylic acids is 1. The molecule has 0 atom stereocenters. The van der Waals surface area contributed by atoms with Crippen LogP contribution < -0.4 is 10.6 Å². The van der Waals surface area contributed by atoms with Gasteiger partial charge in [0, 0.05) is 19.5 Å². The summed E-state index contributed by atoms with van der Waals surface area (Å²) in [6.45, 7) is 1.74. The van der Waals surface area contributed by atoms with Gasteiger partial charge in [-0.1, -0.05) is 36.4 Å². The maximum Gasteiger partial charge on any atom is 0.324 e. The van der Waals surface area contributed by atoms with Crippen molar-refractivity contribution in [2.45, 2.75) is 6.92 Å². The van der Waals surface area contributed by atoms with E-state index in [2.05, 4.69) is 15.7 Å². The fourth-order valence-electron chi connectivity index (χ4n) is 1.98. The Balaban J connectivity index is 2.14. The van der Waals surface area contributed by atoms with Crippen molar-refractivity contribution >= 4 is 28.3 Å². The summed E-state index contributed by atoms with van der Waals surface area (Å²) in [5, 5.41) is 13.3. The molecule has 0 saturated heterocycles. The highest BCUT2D eigenvalue weighted by molar-refractivity contribution is 6.06. The van der Waals surface area contributed by atoms with Gasteiger partial charge in [-0.15, -0.1) is 0 Å². The quantitative estimate of drug-likeness (QED) is 0.501. The van der Waals surface area contributed by atoms with Crippen LogP contribution in [0, 0.1) is 0 Å². The first-order valence-corrected chi connectivity index (χ1v) is 6.34. The topological polar surface area (TPSA) is 56.7 Å². The SMILES string of the molecule is C/C(=N\N(C)C)NC(=O)Nc1cccc2ccccc12. The summed E-state index contributed by atoms with van der Waals surface area (Å²) in [7, 11) is 3.60. The van der Waals surface area contributed by atoms with Gasteiger partial charge in [-0.05, 0) is 18.4 Å². The second-order valence-electron chi connectivity index (χ2n) is 4.64. The highest BCUT2D eigenvalue weighted by Crippen LogP contribution is 2.22. The number of fused-ring (bicyclic) bond motifs is 1. The van der Waals surface area contributed by atoms with Crippen LogP contribution in [-0.2, 0) is 0 Å². The van der Waals surface area contributed by atoms with Gasteiger partial charge in [0.15, 0.2) is 0 Å². The average Bonchev–Trinajstić information content (AvgIpc) is 2.38. The van der Waals surface area contributed by atoms with E-state index in [9.17, 15) is 4.79 Å². The standard InChI is InChI=1S/C15H18N4O/c1-11(18-19(2)3)16-15(20)17-14-10-6-8-12-7-4-5-9-13(12)14/h4-10H,1-3H3,(H2,16,17,18,20). The van der Waals surface area contributed by atoms with Gasteiger partial charge in [-0.2, -0.15) is 5.10 Å². The van der Waals surface area contributed by atoms with Gasteiger partial charge in [0.25, 0.3) is 0 Å². The van der Waals surface area contributed by atoms with Crippen molar-refractivity contribution in [1.29, 1.82) is 0 Å². The van der Waals surface area contributed by atoms with Gasteiger partial charge in [-0.25, -0.2) is 4.79 Å². The van der Waals surface area contributed by atoms with Crippen LogP contribution in [-0.4, -0.2) is 31.0 Å². The third-order valence-corrected chi connectivity index (χ3v) is 2.68. The molecule has 104 valence electrons. The lowest BCUT2D eigenvalue weighted by molar-refractivity contribution is 0.256. The number of amidine groups is 1. The maximum absolute atomic E-state index is 11.9. The summed E-state index contributed by atoms with van der Waals surface area (Å²) in [6, 6.07) is 13.4. The largest absolute Gasteiger partial charge is 0.324 e. The highest BCUT2D eigenvalue weighted by atomic mass is 16.2. The monoisotopic (exact) mass is 270 g/mol. The van der Waals surface area contributed by atoms with Gasteiger partial charge in [0.1, 0.15) is 5.84 Å². The average molecular weight is 270 g/mol. The minimum absolute atomic E-state index is 0.301. The van der Waals surface area contributed by atoms with E-state index in [1.807, 2.05) is 42.5 Å². The maximum atomic E-state index is 11.9. The number of hydrogen-bond donors (Lipinski definition) is 2. The Labute approximate surface area is 118 Å². The minimum atomic E-state index is -0.301. The lowest BCUT2D eigenvalue weighted by atomic mass is 10.1. The Morgan fingerprint density at radius 1 is 1.10 bits per heavy atom. The van der Waals surface area contributed by atoms with Crippen molar-refractivity contribution in [3.63, 3.8) is 0 Å². The Morgan fingerprint density at radius 2 is 1.80 bits per heavy atom. The number of hydrazone groups is 1. The molecule has 20 heavy (non-hydrogen) atoms. The Morgan fingerprint density at radius 3 is 2.55 bits per heavy atom. The van der Waals surface area contributed by atoms with Crippen LogP contribution in [0.25, 0.3) is 10.8 Å². The van der Waals surface area contributed by atoms with E-state index < -0.39 is 0 Å². The van der Waals surface area contributed by atoms with E-state index in [1.165, 1.54) is 0 Å². The van der Waals surface area contributed by atoms with Crippen molar-refractivity contribution in [3.8, 4) is 0 Å². The van der Waals surface area contributed by atoms with Gasteiger partial charge in [0.05, 0.1) is 5.69 Å². The fraction of sp³-hybridized carbons (Fsp3) is 0.200. The molecular formula is C15H18N4O. The number of rotatable bonds is 2. The van der Waals surface area contributed by atoms with Crippen LogP contribution in [0.4, 0.5) is 10.5 Å². The van der Waals surface area contributed by atoms with Gasteiger partial charge >= 0.3 is 6.03 Å². The molecule has 0 radical (unpaired) electrons. The first-order chi connectivity index (χ1) is 9.56. The third-order valence-electron chi connectivity index (χ3n) is 2.68. The number of anilines is 1. The van der Waals surface area contributed by atoms with Crippen LogP contribution in [0.2, 0.25) is 0 Å². The molecule has 2 aromatic rings. The highest BCUT2D eigenvalue weighted by Gasteiger charge is 2.05. The lowest BCUT2D eigenvalue weighted by Crippen LogP contribution is -2.33. The zero-order valence-corrected chi connectivity index (χ0v) is 11.8. The van der Waals surface area contributed by atoms with Gasteiger partial charge < -0.3 is 10.3 Å². The molecule has 0 aliphatic carbocycles. The number of urea groups is 1. The number of nitrogens with one attached hydrogen (secondary N) is 2. The molecule has 0 heterocycles. The van der Waals surface area contributed by atoms with Crippen LogP contribution in [0.1, 0.15) is 6.92 Å². The van der Waals surface area contributed by atoms with E-state index >= 15 is 0 Å². The van der Waals surface area contributed by atoms with E-state index in [1.54, 1.807) is 26.0 Å². The molecular weight excluding hydrogens is 252 g/mol. The predicted molar refractivity (Wildman–Crippen MR) is 82.9 cm³/mol.